The fraction of sp³-hybridized carbons (Fsp3) is 0.273. The molecule has 150 valence electrons. The number of morpholine rings is 1. The number of aliphatic hydroxyl groups excluding tert-OH is 1. The SMILES string of the molecule is OC(c1cccnc1-c1cccc(Cl)c1Cl)C(c1cccnc1)N1CCOCC1. The molecule has 0 radical (unpaired) electrons. The van der Waals surface area contributed by atoms with Crippen LogP contribution >= 0.6 is 23.2 Å². The van der Waals surface area contributed by atoms with Gasteiger partial charge in [0.15, 0.2) is 0 Å². The first kappa shape index (κ1) is 20.3. The molecule has 3 aromatic rings. The number of halogens is 2. The van der Waals surface area contributed by atoms with Gasteiger partial charge in [0.05, 0.1) is 35.0 Å². The summed E-state index contributed by atoms with van der Waals surface area (Å²) in [6.07, 6.45) is 4.38. The van der Waals surface area contributed by atoms with Crippen LogP contribution in [0.25, 0.3) is 11.3 Å². The van der Waals surface area contributed by atoms with E-state index in [9.17, 15) is 5.11 Å². The highest BCUT2D eigenvalue weighted by molar-refractivity contribution is 6.43. The van der Waals surface area contributed by atoms with Gasteiger partial charge in [0.2, 0.25) is 0 Å². The number of ether oxygens (including phenoxy) is 1. The van der Waals surface area contributed by atoms with Crippen molar-refractivity contribution in [2.45, 2.75) is 12.1 Å². The van der Waals surface area contributed by atoms with Crippen molar-refractivity contribution < 1.29 is 9.84 Å². The molecule has 1 fully saturated rings. The van der Waals surface area contributed by atoms with Crippen molar-refractivity contribution in [3.63, 3.8) is 0 Å². The Balaban J connectivity index is 1.79. The molecule has 2 aromatic heterocycles. The third kappa shape index (κ3) is 4.29. The zero-order chi connectivity index (χ0) is 20.2. The zero-order valence-corrected chi connectivity index (χ0v) is 17.2. The molecule has 1 aliphatic rings. The number of aromatic nitrogens is 2. The highest BCUT2D eigenvalue weighted by Gasteiger charge is 2.32. The molecule has 4 rings (SSSR count). The van der Waals surface area contributed by atoms with Gasteiger partial charge >= 0.3 is 0 Å². The van der Waals surface area contributed by atoms with Crippen molar-refractivity contribution in [1.82, 2.24) is 14.9 Å². The summed E-state index contributed by atoms with van der Waals surface area (Å²) in [5.41, 5.74) is 2.95. The maximum absolute atomic E-state index is 11.6. The molecular formula is C22H21Cl2N3O2. The van der Waals surface area contributed by atoms with Gasteiger partial charge in [-0.1, -0.05) is 47.5 Å². The van der Waals surface area contributed by atoms with Gasteiger partial charge in [0, 0.05) is 42.8 Å². The van der Waals surface area contributed by atoms with Gasteiger partial charge in [-0.05, 0) is 23.8 Å². The van der Waals surface area contributed by atoms with Crippen molar-refractivity contribution in [1.29, 1.82) is 0 Å². The quantitative estimate of drug-likeness (QED) is 0.643. The molecule has 0 amide bonds. The summed E-state index contributed by atoms with van der Waals surface area (Å²) in [7, 11) is 0. The third-order valence-electron chi connectivity index (χ3n) is 5.13. The lowest BCUT2D eigenvalue weighted by Gasteiger charge is -2.37. The molecule has 0 spiro atoms. The lowest BCUT2D eigenvalue weighted by Crippen LogP contribution is -2.41. The Labute approximate surface area is 179 Å². The second-order valence-electron chi connectivity index (χ2n) is 6.87. The van der Waals surface area contributed by atoms with Crippen LogP contribution in [-0.4, -0.2) is 46.3 Å². The molecule has 29 heavy (non-hydrogen) atoms. The summed E-state index contributed by atoms with van der Waals surface area (Å²) in [5, 5.41) is 12.4. The van der Waals surface area contributed by atoms with Crippen LogP contribution in [-0.2, 0) is 4.74 Å². The second-order valence-corrected chi connectivity index (χ2v) is 7.65. The predicted molar refractivity (Wildman–Crippen MR) is 114 cm³/mol. The van der Waals surface area contributed by atoms with Gasteiger partial charge < -0.3 is 9.84 Å². The standard InChI is InChI=1S/C22H21Cl2N3O2/c23-18-7-1-5-16(19(18)24)20-17(6-3-9-26-20)22(28)21(15-4-2-8-25-14-15)27-10-12-29-13-11-27/h1-9,14,21-22,28H,10-13H2. The van der Waals surface area contributed by atoms with E-state index in [1.165, 1.54) is 0 Å². The van der Waals surface area contributed by atoms with E-state index in [1.54, 1.807) is 24.7 Å². The van der Waals surface area contributed by atoms with Crippen LogP contribution in [0.15, 0.2) is 61.1 Å². The fourth-order valence-corrected chi connectivity index (χ4v) is 4.13. The molecular weight excluding hydrogens is 409 g/mol. The number of hydrogen-bond donors (Lipinski definition) is 1. The topological polar surface area (TPSA) is 58.5 Å². The number of benzene rings is 1. The van der Waals surface area contributed by atoms with Crippen LogP contribution in [0.4, 0.5) is 0 Å². The largest absolute Gasteiger partial charge is 0.386 e. The van der Waals surface area contributed by atoms with Crippen molar-refractivity contribution in [3.8, 4) is 11.3 Å². The second kappa shape index (κ2) is 9.20. The zero-order valence-electron chi connectivity index (χ0n) is 15.7. The van der Waals surface area contributed by atoms with E-state index in [2.05, 4.69) is 14.9 Å². The molecule has 3 heterocycles. The van der Waals surface area contributed by atoms with Crippen LogP contribution in [0.1, 0.15) is 23.3 Å². The first-order valence-corrected chi connectivity index (χ1v) is 10.2. The normalized spacial score (nSPS) is 17.1. The highest BCUT2D eigenvalue weighted by atomic mass is 35.5. The summed E-state index contributed by atoms with van der Waals surface area (Å²) < 4.78 is 5.51. The maximum Gasteiger partial charge on any atom is 0.101 e. The molecule has 1 saturated heterocycles. The van der Waals surface area contributed by atoms with Crippen LogP contribution in [0, 0.1) is 0 Å². The fourth-order valence-electron chi connectivity index (χ4n) is 3.74. The van der Waals surface area contributed by atoms with Gasteiger partial charge in [0.25, 0.3) is 0 Å². The Morgan fingerprint density at radius 3 is 2.55 bits per heavy atom. The van der Waals surface area contributed by atoms with Gasteiger partial charge in [-0.3, -0.25) is 14.9 Å². The monoisotopic (exact) mass is 429 g/mol. The first-order chi connectivity index (χ1) is 14.2. The molecule has 1 aromatic carbocycles. The molecule has 5 nitrogen and oxygen atoms in total. The van der Waals surface area contributed by atoms with Crippen LogP contribution in [0.5, 0.6) is 0 Å². The predicted octanol–water partition coefficient (Wildman–Crippen LogP) is 4.56. The minimum Gasteiger partial charge on any atom is -0.386 e. The molecule has 2 unspecified atom stereocenters. The van der Waals surface area contributed by atoms with Gasteiger partial charge in [0.1, 0.15) is 6.10 Å². The van der Waals surface area contributed by atoms with E-state index in [4.69, 9.17) is 27.9 Å². The molecule has 1 N–H and O–H groups in total. The van der Waals surface area contributed by atoms with Gasteiger partial charge in [-0.2, -0.15) is 0 Å². The summed E-state index contributed by atoms with van der Waals surface area (Å²) in [6, 6.07) is 12.7. The Kier molecular flexibility index (Phi) is 6.43. The number of pyridine rings is 2. The average molecular weight is 430 g/mol. The number of aliphatic hydroxyl groups is 1. The van der Waals surface area contributed by atoms with Gasteiger partial charge in [-0.15, -0.1) is 0 Å². The summed E-state index contributed by atoms with van der Waals surface area (Å²) in [4.78, 5) is 11.0. The molecule has 0 bridgehead atoms. The van der Waals surface area contributed by atoms with Crippen LogP contribution < -0.4 is 0 Å². The molecule has 7 heteroatoms. The minimum absolute atomic E-state index is 0.284. The Hall–Kier alpha value is -2.02. The third-order valence-corrected chi connectivity index (χ3v) is 5.95. The Morgan fingerprint density at radius 1 is 1.00 bits per heavy atom. The first-order valence-electron chi connectivity index (χ1n) is 9.46. The number of rotatable bonds is 5. The lowest BCUT2D eigenvalue weighted by atomic mass is 9.92. The molecule has 0 aliphatic carbocycles. The van der Waals surface area contributed by atoms with E-state index in [0.29, 0.717) is 40.1 Å². The van der Waals surface area contributed by atoms with Crippen molar-refractivity contribution in [3.05, 3.63) is 82.2 Å². The van der Waals surface area contributed by atoms with Crippen LogP contribution in [0.3, 0.4) is 0 Å². The Bertz CT molecular complexity index is 965. The average Bonchev–Trinajstić information content (AvgIpc) is 2.77. The van der Waals surface area contributed by atoms with Gasteiger partial charge in [-0.25, -0.2) is 0 Å². The minimum atomic E-state index is -0.837. The molecule has 2 atom stereocenters. The number of hydrogen-bond acceptors (Lipinski definition) is 5. The van der Waals surface area contributed by atoms with Crippen molar-refractivity contribution in [2.75, 3.05) is 26.3 Å². The Morgan fingerprint density at radius 2 is 1.79 bits per heavy atom. The van der Waals surface area contributed by atoms with Crippen molar-refractivity contribution in [2.24, 2.45) is 0 Å². The van der Waals surface area contributed by atoms with E-state index < -0.39 is 6.10 Å². The maximum atomic E-state index is 11.6. The molecule has 1 aliphatic heterocycles. The number of nitrogens with zero attached hydrogens (tertiary/aromatic N) is 3. The highest BCUT2D eigenvalue weighted by Crippen LogP contribution is 2.40. The van der Waals surface area contributed by atoms with E-state index in [0.717, 1.165) is 18.7 Å². The lowest BCUT2D eigenvalue weighted by molar-refractivity contribution is -0.0238. The van der Waals surface area contributed by atoms with Crippen LogP contribution in [0.2, 0.25) is 10.0 Å². The smallest absolute Gasteiger partial charge is 0.101 e. The molecule has 0 saturated carbocycles. The van der Waals surface area contributed by atoms with E-state index in [1.807, 2.05) is 36.4 Å². The van der Waals surface area contributed by atoms with E-state index >= 15 is 0 Å². The van der Waals surface area contributed by atoms with Crippen molar-refractivity contribution >= 4 is 23.2 Å². The summed E-state index contributed by atoms with van der Waals surface area (Å²) in [6.45, 7) is 2.71. The summed E-state index contributed by atoms with van der Waals surface area (Å²) in [5.74, 6) is 0. The van der Waals surface area contributed by atoms with E-state index in [-0.39, 0.29) is 6.04 Å². The summed E-state index contributed by atoms with van der Waals surface area (Å²) >= 11 is 12.7.